The fraction of sp³-hybridized carbons (Fsp3) is 0. The summed E-state index contributed by atoms with van der Waals surface area (Å²) >= 11 is 0. The van der Waals surface area contributed by atoms with Crippen LogP contribution in [0.3, 0.4) is 0 Å². The molecule has 0 radical (unpaired) electrons. The van der Waals surface area contributed by atoms with Crippen LogP contribution in [0.2, 0.25) is 0 Å². The third-order valence-corrected chi connectivity index (χ3v) is 7.49. The van der Waals surface area contributed by atoms with E-state index in [0.717, 1.165) is 54.6 Å². The lowest BCUT2D eigenvalue weighted by Crippen LogP contribution is -2.18. The molecule has 0 bridgehead atoms. The minimum Gasteiger partial charge on any atom is -0.417 e. The number of para-hydroxylation sites is 1. The molecule has 16 heteroatoms. The molecule has 0 atom stereocenters. The monoisotopic (exact) mass is 547 g/mol. The van der Waals surface area contributed by atoms with Gasteiger partial charge in [-0.3, -0.25) is 25.0 Å². The summed E-state index contributed by atoms with van der Waals surface area (Å²) in [6.07, 6.45) is 0. The molecule has 0 aliphatic heterocycles. The average Bonchev–Trinajstić information content (AvgIpc) is 2.85. The lowest BCUT2D eigenvalue weighted by molar-refractivity contribution is -0.385. The van der Waals surface area contributed by atoms with Crippen molar-refractivity contribution in [3.05, 3.63) is 103 Å². The molecule has 1 N–H and O–H groups in total. The first-order valence-corrected chi connectivity index (χ1v) is 12.8. The smallest absolute Gasteiger partial charge is 0.360 e. The number of hydrogen-bond acceptors (Lipinski definition) is 11. The molecule has 0 saturated heterocycles. The minimum atomic E-state index is -4.49. The maximum atomic E-state index is 12.6. The molecule has 3 aromatic carbocycles. The standard InChI is InChI=1S/C21H13N3O11S2/c25-21-18(22-36(30,31)16-8-4-14(5-9-16)23(26)27)12-13-2-1-3-19(20(13)34-21)35-37(32,33)17-10-6-15(7-11-17)24(28)29/h1-12,22H. The van der Waals surface area contributed by atoms with E-state index in [-0.39, 0.29) is 27.2 Å². The number of nitro groups is 2. The predicted molar refractivity (Wildman–Crippen MR) is 127 cm³/mol. The second-order valence-electron chi connectivity index (χ2n) is 7.27. The van der Waals surface area contributed by atoms with Crippen molar-refractivity contribution in [3.63, 3.8) is 0 Å². The lowest BCUT2D eigenvalue weighted by Gasteiger charge is -2.10. The van der Waals surface area contributed by atoms with Crippen LogP contribution in [0.25, 0.3) is 11.0 Å². The molecule has 190 valence electrons. The lowest BCUT2D eigenvalue weighted by atomic mass is 10.2. The Balaban J connectivity index is 1.66. The second-order valence-corrected chi connectivity index (χ2v) is 10.5. The van der Waals surface area contributed by atoms with Gasteiger partial charge >= 0.3 is 15.7 Å². The number of rotatable bonds is 8. The van der Waals surface area contributed by atoms with E-state index in [4.69, 9.17) is 8.60 Å². The van der Waals surface area contributed by atoms with Crippen LogP contribution in [-0.4, -0.2) is 26.7 Å². The van der Waals surface area contributed by atoms with Gasteiger partial charge in [0.2, 0.25) is 0 Å². The fourth-order valence-corrected chi connectivity index (χ4v) is 5.08. The van der Waals surface area contributed by atoms with Crippen molar-refractivity contribution in [3.8, 4) is 5.75 Å². The number of nitrogens with one attached hydrogen (secondary N) is 1. The number of non-ortho nitro benzene ring substituents is 2. The van der Waals surface area contributed by atoms with Crippen molar-refractivity contribution in [2.75, 3.05) is 4.72 Å². The molecule has 4 rings (SSSR count). The first-order chi connectivity index (χ1) is 17.4. The van der Waals surface area contributed by atoms with Crippen LogP contribution in [0.5, 0.6) is 5.75 Å². The molecule has 0 saturated carbocycles. The zero-order valence-electron chi connectivity index (χ0n) is 18.1. The van der Waals surface area contributed by atoms with E-state index in [1.165, 1.54) is 18.2 Å². The van der Waals surface area contributed by atoms with Gasteiger partial charge < -0.3 is 8.60 Å². The van der Waals surface area contributed by atoms with Gasteiger partial charge in [-0.2, -0.15) is 8.42 Å². The largest absolute Gasteiger partial charge is 0.417 e. The molecule has 0 fully saturated rings. The van der Waals surface area contributed by atoms with Crippen molar-refractivity contribution >= 4 is 48.2 Å². The molecule has 37 heavy (non-hydrogen) atoms. The molecular weight excluding hydrogens is 534 g/mol. The number of nitrogens with zero attached hydrogens (tertiary/aromatic N) is 2. The molecule has 1 heterocycles. The topological polar surface area (TPSA) is 206 Å². The second kappa shape index (κ2) is 9.32. The van der Waals surface area contributed by atoms with Gasteiger partial charge in [0, 0.05) is 29.7 Å². The molecule has 0 amide bonds. The Morgan fingerprint density at radius 3 is 1.86 bits per heavy atom. The summed E-state index contributed by atoms with van der Waals surface area (Å²) in [5.41, 5.74) is -2.67. The Kier molecular flexibility index (Phi) is 6.37. The maximum absolute atomic E-state index is 12.6. The Morgan fingerprint density at radius 1 is 0.784 bits per heavy atom. The number of hydrogen-bond donors (Lipinski definition) is 1. The van der Waals surface area contributed by atoms with Crippen molar-refractivity contribution in [2.24, 2.45) is 0 Å². The Bertz CT molecular complexity index is 1810. The summed E-state index contributed by atoms with van der Waals surface area (Å²) < 4.78 is 62.8. The van der Waals surface area contributed by atoms with Gasteiger partial charge in [0.15, 0.2) is 11.3 Å². The van der Waals surface area contributed by atoms with E-state index in [1.54, 1.807) is 0 Å². The van der Waals surface area contributed by atoms with Crippen molar-refractivity contribution < 1.29 is 35.3 Å². The van der Waals surface area contributed by atoms with Gasteiger partial charge in [-0.15, -0.1) is 0 Å². The van der Waals surface area contributed by atoms with Crippen LogP contribution in [0.15, 0.2) is 91.8 Å². The van der Waals surface area contributed by atoms with E-state index in [2.05, 4.69) is 0 Å². The third kappa shape index (κ3) is 5.24. The van der Waals surface area contributed by atoms with Gasteiger partial charge in [-0.05, 0) is 36.4 Å². The van der Waals surface area contributed by atoms with Crippen LogP contribution in [-0.2, 0) is 20.1 Å². The zero-order valence-corrected chi connectivity index (χ0v) is 19.8. The molecule has 1 aromatic heterocycles. The fourth-order valence-electron chi connectivity index (χ4n) is 3.11. The highest BCUT2D eigenvalue weighted by atomic mass is 32.2. The number of sulfonamides is 1. The summed E-state index contributed by atoms with van der Waals surface area (Å²) in [6, 6.07) is 12.9. The SMILES string of the molecule is O=c1oc2c(OS(=O)(=O)c3ccc([N+](=O)[O-])cc3)cccc2cc1NS(=O)(=O)c1ccc([N+](=O)[O-])cc1. The van der Waals surface area contributed by atoms with E-state index < -0.39 is 51.9 Å². The highest BCUT2D eigenvalue weighted by molar-refractivity contribution is 7.92. The predicted octanol–water partition coefficient (Wildman–Crippen LogP) is 3.18. The van der Waals surface area contributed by atoms with Crippen LogP contribution >= 0.6 is 0 Å². The van der Waals surface area contributed by atoms with Gasteiger partial charge in [-0.1, -0.05) is 12.1 Å². The number of fused-ring (bicyclic) bond motifs is 1. The summed E-state index contributed by atoms with van der Waals surface area (Å²) in [7, 11) is -8.83. The Morgan fingerprint density at radius 2 is 1.32 bits per heavy atom. The van der Waals surface area contributed by atoms with Gasteiger partial charge in [0.05, 0.1) is 14.7 Å². The molecule has 0 spiro atoms. The summed E-state index contributed by atoms with van der Waals surface area (Å²) in [5.74, 6) is -0.391. The maximum Gasteiger partial charge on any atom is 0.360 e. The summed E-state index contributed by atoms with van der Waals surface area (Å²) in [6.45, 7) is 0. The van der Waals surface area contributed by atoms with Crippen LogP contribution < -0.4 is 14.5 Å². The summed E-state index contributed by atoms with van der Waals surface area (Å²) in [4.78, 5) is 31.9. The van der Waals surface area contributed by atoms with Crippen LogP contribution in [0.1, 0.15) is 0 Å². The van der Waals surface area contributed by atoms with Crippen molar-refractivity contribution in [1.29, 1.82) is 0 Å². The highest BCUT2D eigenvalue weighted by Gasteiger charge is 2.22. The zero-order chi connectivity index (χ0) is 27.0. The van der Waals surface area contributed by atoms with Gasteiger partial charge in [0.25, 0.3) is 21.4 Å². The molecule has 14 nitrogen and oxygen atoms in total. The quantitative estimate of drug-likeness (QED) is 0.147. The van der Waals surface area contributed by atoms with Gasteiger partial charge in [0.1, 0.15) is 10.6 Å². The summed E-state index contributed by atoms with van der Waals surface area (Å²) in [5, 5.41) is 21.6. The number of nitro benzene ring substituents is 2. The third-order valence-electron chi connectivity index (χ3n) is 4.86. The van der Waals surface area contributed by atoms with E-state index in [1.807, 2.05) is 4.72 Å². The van der Waals surface area contributed by atoms with Crippen LogP contribution in [0.4, 0.5) is 17.1 Å². The highest BCUT2D eigenvalue weighted by Crippen LogP contribution is 2.30. The normalized spacial score (nSPS) is 11.7. The van der Waals surface area contributed by atoms with Crippen molar-refractivity contribution in [1.82, 2.24) is 0 Å². The average molecular weight is 547 g/mol. The first-order valence-electron chi connectivity index (χ1n) is 9.90. The first kappa shape index (κ1) is 25.3. The molecule has 0 aliphatic rings. The van der Waals surface area contributed by atoms with E-state index in [9.17, 15) is 41.9 Å². The van der Waals surface area contributed by atoms with E-state index >= 15 is 0 Å². The Hall–Kier alpha value is -4.83. The van der Waals surface area contributed by atoms with E-state index in [0.29, 0.717) is 0 Å². The number of benzene rings is 3. The molecular formula is C21H13N3O11S2. The minimum absolute atomic E-state index is 0.0948. The molecule has 4 aromatic rings. The van der Waals surface area contributed by atoms with Crippen LogP contribution in [0, 0.1) is 20.2 Å². The Labute approximate surface area is 207 Å². The number of anilines is 1. The van der Waals surface area contributed by atoms with Crippen molar-refractivity contribution in [2.45, 2.75) is 9.79 Å². The van der Waals surface area contributed by atoms with Gasteiger partial charge in [-0.25, -0.2) is 13.2 Å². The molecule has 0 aliphatic carbocycles. The molecule has 0 unspecified atom stereocenters.